The number of para-hydroxylation sites is 1. The summed E-state index contributed by atoms with van der Waals surface area (Å²) in [4.78, 5) is 10.1. The molecule has 0 radical (unpaired) electrons. The lowest BCUT2D eigenvalue weighted by atomic mass is 9.82. The van der Waals surface area contributed by atoms with Crippen LogP contribution in [0, 0.1) is 0 Å². The molecule has 1 aliphatic rings. The van der Waals surface area contributed by atoms with Crippen molar-refractivity contribution in [1.29, 1.82) is 0 Å². The second-order valence-electron chi connectivity index (χ2n) is 14.6. The molecular weight excluding hydrogens is 647 g/mol. The van der Waals surface area contributed by atoms with Crippen LogP contribution in [0.4, 0.5) is 0 Å². The maximum Gasteiger partial charge on any atom is 0.160 e. The van der Waals surface area contributed by atoms with E-state index in [0.717, 1.165) is 66.6 Å². The minimum Gasteiger partial charge on any atom is -0.455 e. The number of fused-ring (bicyclic) bond motifs is 10. The Labute approximate surface area is 306 Å². The van der Waals surface area contributed by atoms with Gasteiger partial charge in [0.2, 0.25) is 0 Å². The van der Waals surface area contributed by atoms with Gasteiger partial charge in [-0.25, -0.2) is 9.97 Å². The van der Waals surface area contributed by atoms with Gasteiger partial charge in [0, 0.05) is 44.0 Å². The summed E-state index contributed by atoms with van der Waals surface area (Å²) in [6, 6.07) is 58.0. The predicted octanol–water partition coefficient (Wildman–Crippen LogP) is 12.8. The van der Waals surface area contributed by atoms with E-state index >= 15 is 0 Å². The first kappa shape index (κ1) is 29.9. The number of rotatable bonds is 4. The molecule has 0 fully saturated rings. The topological polar surface area (TPSA) is 43.9 Å². The van der Waals surface area contributed by atoms with Crippen LogP contribution < -0.4 is 0 Å². The highest BCUT2D eigenvalue weighted by Crippen LogP contribution is 2.52. The number of benzene rings is 7. The Balaban J connectivity index is 1.14. The molecule has 0 amide bonds. The largest absolute Gasteiger partial charge is 0.455 e. The van der Waals surface area contributed by atoms with E-state index in [4.69, 9.17) is 14.4 Å². The van der Waals surface area contributed by atoms with Crippen molar-refractivity contribution in [3.05, 3.63) is 175 Å². The van der Waals surface area contributed by atoms with Gasteiger partial charge < -0.3 is 8.98 Å². The molecule has 3 heterocycles. The Morgan fingerprint density at radius 2 is 1.15 bits per heavy atom. The van der Waals surface area contributed by atoms with E-state index < -0.39 is 0 Å². The van der Waals surface area contributed by atoms with Crippen molar-refractivity contribution in [2.24, 2.45) is 0 Å². The molecule has 0 unspecified atom stereocenters. The van der Waals surface area contributed by atoms with Gasteiger partial charge in [0.15, 0.2) is 5.82 Å². The Morgan fingerprint density at radius 1 is 0.491 bits per heavy atom. The van der Waals surface area contributed by atoms with Crippen LogP contribution in [-0.4, -0.2) is 14.5 Å². The van der Waals surface area contributed by atoms with Crippen LogP contribution in [0.3, 0.4) is 0 Å². The fraction of sp³-hybridized carbons (Fsp3) is 0.0612. The fourth-order valence-electron chi connectivity index (χ4n) is 8.60. The highest BCUT2D eigenvalue weighted by molar-refractivity contribution is 6.24. The molecule has 0 atom stereocenters. The molecule has 4 nitrogen and oxygen atoms in total. The summed E-state index contributed by atoms with van der Waals surface area (Å²) in [5, 5.41) is 4.60. The second kappa shape index (κ2) is 11.1. The van der Waals surface area contributed by atoms with E-state index in [1.54, 1.807) is 0 Å². The van der Waals surface area contributed by atoms with E-state index in [1.165, 1.54) is 33.2 Å². The fourth-order valence-corrected chi connectivity index (χ4v) is 8.60. The molecule has 0 spiro atoms. The summed E-state index contributed by atoms with van der Waals surface area (Å²) in [7, 11) is 0. The Kier molecular flexibility index (Phi) is 6.27. The van der Waals surface area contributed by atoms with E-state index in [0.29, 0.717) is 5.82 Å². The molecule has 3 aromatic heterocycles. The molecule has 53 heavy (non-hydrogen) atoms. The lowest BCUT2D eigenvalue weighted by Gasteiger charge is -2.21. The monoisotopic (exact) mass is 679 g/mol. The standard InChI is InChI=1S/C49H33N3O/c1-49(2)39-19-11-9-17-34(39)37-27-38-44(28-40(37)49)52(43-26-25-36-35-18-10-12-20-45(35)53-47(36)46(38)43)33-23-21-31(22-24-33)42-29-41(30-13-5-3-6-14-30)50-48(51-42)32-15-7-4-8-16-32/h3-29H,1-2H3. The lowest BCUT2D eigenvalue weighted by Crippen LogP contribution is -2.14. The number of aromatic nitrogens is 3. The molecule has 11 rings (SSSR count). The van der Waals surface area contributed by atoms with E-state index in [9.17, 15) is 0 Å². The molecule has 0 N–H and O–H groups in total. The Bertz CT molecular complexity index is 3000. The van der Waals surface area contributed by atoms with E-state index in [2.05, 4.69) is 140 Å². The van der Waals surface area contributed by atoms with Gasteiger partial charge in [0.1, 0.15) is 11.2 Å². The third-order valence-electron chi connectivity index (χ3n) is 11.2. The van der Waals surface area contributed by atoms with Crippen molar-refractivity contribution in [2.45, 2.75) is 19.3 Å². The molecule has 10 aromatic rings. The summed E-state index contributed by atoms with van der Waals surface area (Å²) < 4.78 is 9.11. The first-order valence-corrected chi connectivity index (χ1v) is 18.2. The molecular formula is C49H33N3O. The number of hydrogen-bond donors (Lipinski definition) is 0. The van der Waals surface area contributed by atoms with Crippen molar-refractivity contribution in [3.8, 4) is 50.7 Å². The quantitative estimate of drug-likeness (QED) is 0.186. The van der Waals surface area contributed by atoms with Crippen LogP contribution in [0.25, 0.3) is 94.5 Å². The zero-order chi connectivity index (χ0) is 35.3. The Morgan fingerprint density at radius 3 is 1.92 bits per heavy atom. The third kappa shape index (κ3) is 4.42. The van der Waals surface area contributed by atoms with Crippen LogP contribution in [0.1, 0.15) is 25.0 Å². The van der Waals surface area contributed by atoms with Crippen LogP contribution >= 0.6 is 0 Å². The summed E-state index contributed by atoms with van der Waals surface area (Å²) in [5.41, 5.74) is 15.3. The van der Waals surface area contributed by atoms with Crippen LogP contribution in [0.5, 0.6) is 0 Å². The molecule has 0 aliphatic heterocycles. The van der Waals surface area contributed by atoms with Gasteiger partial charge in [-0.3, -0.25) is 0 Å². The van der Waals surface area contributed by atoms with Gasteiger partial charge in [-0.2, -0.15) is 0 Å². The first-order valence-electron chi connectivity index (χ1n) is 18.2. The van der Waals surface area contributed by atoms with Crippen molar-refractivity contribution >= 4 is 43.7 Å². The van der Waals surface area contributed by atoms with Crippen molar-refractivity contribution in [2.75, 3.05) is 0 Å². The molecule has 0 saturated carbocycles. The second-order valence-corrected chi connectivity index (χ2v) is 14.6. The summed E-state index contributed by atoms with van der Waals surface area (Å²) in [5.74, 6) is 0.709. The molecule has 0 saturated heterocycles. The van der Waals surface area contributed by atoms with Crippen LogP contribution in [0.2, 0.25) is 0 Å². The zero-order valence-corrected chi connectivity index (χ0v) is 29.3. The lowest BCUT2D eigenvalue weighted by molar-refractivity contribution is 0.661. The van der Waals surface area contributed by atoms with Gasteiger partial charge >= 0.3 is 0 Å². The van der Waals surface area contributed by atoms with Crippen LogP contribution in [0.15, 0.2) is 168 Å². The van der Waals surface area contributed by atoms with E-state index in [-0.39, 0.29) is 5.41 Å². The smallest absolute Gasteiger partial charge is 0.160 e. The highest BCUT2D eigenvalue weighted by Gasteiger charge is 2.36. The number of hydrogen-bond acceptors (Lipinski definition) is 3. The minimum atomic E-state index is -0.125. The predicted molar refractivity (Wildman–Crippen MR) is 218 cm³/mol. The summed E-state index contributed by atoms with van der Waals surface area (Å²) >= 11 is 0. The SMILES string of the molecule is CC1(C)c2ccccc2-c2cc3c4c5oc6ccccc6c5ccc4n(-c4ccc(-c5cc(-c6ccccc6)nc(-c6ccccc6)n5)cc4)c3cc21. The molecule has 250 valence electrons. The number of nitrogens with zero attached hydrogens (tertiary/aromatic N) is 3. The molecule has 1 aliphatic carbocycles. The van der Waals surface area contributed by atoms with Crippen LogP contribution in [-0.2, 0) is 5.41 Å². The average Bonchev–Trinajstić information content (AvgIpc) is 3.83. The maximum absolute atomic E-state index is 6.70. The van der Waals surface area contributed by atoms with E-state index in [1.807, 2.05) is 42.5 Å². The normalized spacial score (nSPS) is 13.2. The van der Waals surface area contributed by atoms with Crippen molar-refractivity contribution in [3.63, 3.8) is 0 Å². The van der Waals surface area contributed by atoms with Gasteiger partial charge in [-0.1, -0.05) is 129 Å². The maximum atomic E-state index is 6.70. The summed E-state index contributed by atoms with van der Waals surface area (Å²) in [6.07, 6.45) is 0. The highest BCUT2D eigenvalue weighted by atomic mass is 16.3. The minimum absolute atomic E-state index is 0.125. The number of furan rings is 1. The third-order valence-corrected chi connectivity index (χ3v) is 11.2. The van der Waals surface area contributed by atoms with Crippen molar-refractivity contribution < 1.29 is 4.42 Å². The average molecular weight is 680 g/mol. The summed E-state index contributed by atoms with van der Waals surface area (Å²) in [6.45, 7) is 4.69. The zero-order valence-electron chi connectivity index (χ0n) is 29.3. The molecule has 7 aromatic carbocycles. The Hall–Kier alpha value is -6.78. The molecule has 0 bridgehead atoms. The first-order chi connectivity index (χ1) is 26.0. The van der Waals surface area contributed by atoms with Gasteiger partial charge in [0.25, 0.3) is 0 Å². The van der Waals surface area contributed by atoms with Gasteiger partial charge in [-0.05, 0) is 70.8 Å². The van der Waals surface area contributed by atoms with Crippen molar-refractivity contribution in [1.82, 2.24) is 14.5 Å². The molecule has 4 heteroatoms. The van der Waals surface area contributed by atoms with Gasteiger partial charge in [-0.15, -0.1) is 0 Å². The van der Waals surface area contributed by atoms with Gasteiger partial charge in [0.05, 0.1) is 27.8 Å².